The molecule has 0 amide bonds. The van der Waals surface area contributed by atoms with Crippen molar-refractivity contribution >= 4 is 11.8 Å². The highest BCUT2D eigenvalue weighted by Gasteiger charge is 2.05. The Bertz CT molecular complexity index is 149. The lowest BCUT2D eigenvalue weighted by Gasteiger charge is -2.14. The molecule has 98 valence electrons. The summed E-state index contributed by atoms with van der Waals surface area (Å²) in [5.41, 5.74) is 0. The molecule has 0 saturated heterocycles. The second-order valence-electron chi connectivity index (χ2n) is 3.94. The van der Waals surface area contributed by atoms with Crippen molar-refractivity contribution < 1.29 is 14.6 Å². The first-order valence-corrected chi connectivity index (χ1v) is 7.04. The van der Waals surface area contributed by atoms with Gasteiger partial charge in [0.1, 0.15) is 0 Å². The van der Waals surface area contributed by atoms with Crippen molar-refractivity contribution in [1.29, 1.82) is 0 Å². The molecule has 4 nitrogen and oxygen atoms in total. The molecule has 0 fully saturated rings. The molecule has 0 saturated carbocycles. The van der Waals surface area contributed by atoms with E-state index in [1.54, 1.807) is 7.11 Å². The van der Waals surface area contributed by atoms with E-state index >= 15 is 0 Å². The van der Waals surface area contributed by atoms with Gasteiger partial charge in [0.15, 0.2) is 0 Å². The molecule has 0 aliphatic heterocycles. The van der Waals surface area contributed by atoms with Crippen molar-refractivity contribution in [3.8, 4) is 0 Å². The summed E-state index contributed by atoms with van der Waals surface area (Å²) in [4.78, 5) is 0. The van der Waals surface area contributed by atoms with Gasteiger partial charge >= 0.3 is 0 Å². The summed E-state index contributed by atoms with van der Waals surface area (Å²) in [6.45, 7) is 5.21. The maximum absolute atomic E-state index is 9.56. The van der Waals surface area contributed by atoms with Gasteiger partial charge in [0.2, 0.25) is 0 Å². The van der Waals surface area contributed by atoms with Gasteiger partial charge in [0, 0.05) is 13.7 Å². The number of hydrogen-bond donors (Lipinski definition) is 2. The number of ether oxygens (including phenoxy) is 2. The van der Waals surface area contributed by atoms with Crippen LogP contribution in [-0.2, 0) is 9.47 Å². The van der Waals surface area contributed by atoms with Crippen LogP contribution in [-0.4, -0.2) is 63.2 Å². The number of methoxy groups -OCH3 is 1. The molecule has 0 bridgehead atoms. The van der Waals surface area contributed by atoms with E-state index in [4.69, 9.17) is 9.47 Å². The lowest BCUT2D eigenvalue weighted by Crippen LogP contribution is -2.33. The van der Waals surface area contributed by atoms with Crippen LogP contribution in [0.1, 0.15) is 6.92 Å². The highest BCUT2D eigenvalue weighted by molar-refractivity contribution is 7.98. The highest BCUT2D eigenvalue weighted by atomic mass is 32.2. The molecule has 0 rings (SSSR count). The van der Waals surface area contributed by atoms with Crippen LogP contribution in [0.4, 0.5) is 0 Å². The monoisotopic (exact) mass is 251 g/mol. The van der Waals surface area contributed by atoms with Gasteiger partial charge in [-0.05, 0) is 24.5 Å². The van der Waals surface area contributed by atoms with Crippen LogP contribution in [0.2, 0.25) is 0 Å². The van der Waals surface area contributed by atoms with Crippen molar-refractivity contribution in [3.63, 3.8) is 0 Å². The van der Waals surface area contributed by atoms with Gasteiger partial charge in [-0.1, -0.05) is 6.92 Å². The molecular weight excluding hydrogens is 226 g/mol. The fourth-order valence-corrected chi connectivity index (χ4v) is 1.95. The smallest absolute Gasteiger partial charge is 0.0897 e. The Morgan fingerprint density at radius 3 is 2.69 bits per heavy atom. The largest absolute Gasteiger partial charge is 0.389 e. The maximum Gasteiger partial charge on any atom is 0.0897 e. The molecule has 2 unspecified atom stereocenters. The van der Waals surface area contributed by atoms with Crippen LogP contribution in [0.3, 0.4) is 0 Å². The normalized spacial score (nSPS) is 15.0. The minimum atomic E-state index is -0.432. The van der Waals surface area contributed by atoms with Gasteiger partial charge in [0.05, 0.1) is 25.9 Å². The zero-order valence-corrected chi connectivity index (χ0v) is 11.4. The second-order valence-corrected chi connectivity index (χ2v) is 4.85. The fraction of sp³-hybridized carbons (Fsp3) is 1.00. The van der Waals surface area contributed by atoms with Gasteiger partial charge in [-0.3, -0.25) is 0 Å². The Hall–Kier alpha value is 0.190. The second kappa shape index (κ2) is 11.7. The molecule has 0 aromatic rings. The molecule has 0 aliphatic carbocycles. The van der Waals surface area contributed by atoms with E-state index in [1.807, 2.05) is 11.8 Å². The Labute approximate surface area is 103 Å². The van der Waals surface area contributed by atoms with Crippen molar-refractivity contribution in [3.05, 3.63) is 0 Å². The van der Waals surface area contributed by atoms with Crippen LogP contribution in [0, 0.1) is 5.92 Å². The molecule has 5 heteroatoms. The number of thioether (sulfide) groups is 1. The molecule has 0 spiro atoms. The first-order chi connectivity index (χ1) is 7.70. The van der Waals surface area contributed by atoms with E-state index in [0.29, 0.717) is 32.3 Å². The lowest BCUT2D eigenvalue weighted by atomic mass is 10.2. The predicted molar refractivity (Wildman–Crippen MR) is 69.1 cm³/mol. The summed E-state index contributed by atoms with van der Waals surface area (Å²) in [5, 5.41) is 12.8. The minimum absolute atomic E-state index is 0.368. The lowest BCUT2D eigenvalue weighted by molar-refractivity contribution is 0.0137. The summed E-state index contributed by atoms with van der Waals surface area (Å²) in [7, 11) is 1.63. The molecule has 2 atom stereocenters. The zero-order chi connectivity index (χ0) is 12.2. The number of aliphatic hydroxyl groups excluding tert-OH is 1. The topological polar surface area (TPSA) is 50.7 Å². The van der Waals surface area contributed by atoms with Crippen LogP contribution >= 0.6 is 11.8 Å². The van der Waals surface area contributed by atoms with Crippen molar-refractivity contribution in [2.45, 2.75) is 13.0 Å². The summed E-state index contributed by atoms with van der Waals surface area (Å²) >= 11 is 1.85. The Morgan fingerprint density at radius 1 is 1.31 bits per heavy atom. The summed E-state index contributed by atoms with van der Waals surface area (Å²) < 4.78 is 10.1. The van der Waals surface area contributed by atoms with E-state index in [-0.39, 0.29) is 0 Å². The van der Waals surface area contributed by atoms with Crippen LogP contribution < -0.4 is 5.32 Å². The number of rotatable bonds is 11. The molecule has 16 heavy (non-hydrogen) atoms. The molecule has 0 radical (unpaired) electrons. The predicted octanol–water partition coefficient (Wildman–Crippen LogP) is 0.599. The number of nitrogens with one attached hydrogen (secondary N) is 1. The SMILES string of the molecule is COCCOCC(O)CNCC(C)CSC. The number of hydrogen-bond acceptors (Lipinski definition) is 5. The molecule has 2 N–H and O–H groups in total. The van der Waals surface area contributed by atoms with E-state index < -0.39 is 6.10 Å². The summed E-state index contributed by atoms with van der Waals surface area (Å²) in [5.74, 6) is 1.78. The van der Waals surface area contributed by atoms with Gasteiger partial charge in [0.25, 0.3) is 0 Å². The summed E-state index contributed by atoms with van der Waals surface area (Å²) in [6, 6.07) is 0. The highest BCUT2D eigenvalue weighted by Crippen LogP contribution is 2.02. The quantitative estimate of drug-likeness (QED) is 0.527. The summed E-state index contributed by atoms with van der Waals surface area (Å²) in [6.07, 6.45) is 1.67. The average molecular weight is 251 g/mol. The number of aliphatic hydroxyl groups is 1. The minimum Gasteiger partial charge on any atom is -0.389 e. The fourth-order valence-electron chi connectivity index (χ4n) is 1.26. The maximum atomic E-state index is 9.56. The molecule has 0 aromatic carbocycles. The Balaban J connectivity index is 3.26. The molecule has 0 aliphatic rings. The van der Waals surface area contributed by atoms with E-state index in [0.717, 1.165) is 12.3 Å². The van der Waals surface area contributed by atoms with Gasteiger partial charge in [-0.15, -0.1) is 0 Å². The van der Waals surface area contributed by atoms with Crippen LogP contribution in [0.15, 0.2) is 0 Å². The van der Waals surface area contributed by atoms with Gasteiger partial charge < -0.3 is 19.9 Å². The molecule has 0 heterocycles. The van der Waals surface area contributed by atoms with Gasteiger partial charge in [-0.25, -0.2) is 0 Å². The zero-order valence-electron chi connectivity index (χ0n) is 10.6. The van der Waals surface area contributed by atoms with E-state index in [1.165, 1.54) is 0 Å². The van der Waals surface area contributed by atoms with Crippen LogP contribution in [0.25, 0.3) is 0 Å². The van der Waals surface area contributed by atoms with Crippen molar-refractivity contribution in [2.75, 3.05) is 52.0 Å². The first-order valence-electron chi connectivity index (χ1n) is 5.65. The Morgan fingerprint density at radius 2 is 2.06 bits per heavy atom. The first kappa shape index (κ1) is 16.2. The molecule has 0 aromatic heterocycles. The van der Waals surface area contributed by atoms with Crippen molar-refractivity contribution in [2.24, 2.45) is 5.92 Å². The van der Waals surface area contributed by atoms with Crippen molar-refractivity contribution in [1.82, 2.24) is 5.32 Å². The molecular formula is C11H25NO3S. The van der Waals surface area contributed by atoms with E-state index in [2.05, 4.69) is 18.5 Å². The standard InChI is InChI=1S/C11H25NO3S/c1-10(9-16-3)6-12-7-11(13)8-15-5-4-14-2/h10-13H,4-9H2,1-3H3. The Kier molecular flexibility index (Phi) is 11.8. The van der Waals surface area contributed by atoms with Gasteiger partial charge in [-0.2, -0.15) is 11.8 Å². The third-order valence-electron chi connectivity index (χ3n) is 2.07. The van der Waals surface area contributed by atoms with E-state index in [9.17, 15) is 5.11 Å². The average Bonchev–Trinajstić information content (AvgIpc) is 2.25. The van der Waals surface area contributed by atoms with Crippen LogP contribution in [0.5, 0.6) is 0 Å². The third-order valence-corrected chi connectivity index (χ3v) is 2.97. The third kappa shape index (κ3) is 10.7.